The molecule has 0 saturated heterocycles. The maximum Gasteiger partial charge on any atom is 0.318 e. The molecule has 0 amide bonds. The Morgan fingerprint density at radius 2 is 2.00 bits per heavy atom. The SMILES string of the molecule is Cc1ocnc1COc1ccc(CN(CC(=O)O)S(=O)(=O)C2CCc3ccccc3N2)cc1. The van der Waals surface area contributed by atoms with Crippen LogP contribution in [-0.2, 0) is 34.4 Å². The van der Waals surface area contributed by atoms with Crippen molar-refractivity contribution in [3.05, 3.63) is 77.5 Å². The summed E-state index contributed by atoms with van der Waals surface area (Å²) >= 11 is 0. The van der Waals surface area contributed by atoms with Gasteiger partial charge in [-0.1, -0.05) is 30.3 Å². The number of aryl methyl sites for hydroxylation is 2. The highest BCUT2D eigenvalue weighted by molar-refractivity contribution is 7.89. The maximum atomic E-state index is 13.3. The molecule has 0 fully saturated rings. The number of hydrogen-bond acceptors (Lipinski definition) is 7. The summed E-state index contributed by atoms with van der Waals surface area (Å²) in [5.41, 5.74) is 3.15. The number of nitrogens with zero attached hydrogens (tertiary/aromatic N) is 2. The molecule has 1 atom stereocenters. The summed E-state index contributed by atoms with van der Waals surface area (Å²) in [4.78, 5) is 15.5. The highest BCUT2D eigenvalue weighted by atomic mass is 32.2. The number of fused-ring (bicyclic) bond motifs is 1. The fourth-order valence-corrected chi connectivity index (χ4v) is 5.39. The molecule has 174 valence electrons. The van der Waals surface area contributed by atoms with Gasteiger partial charge >= 0.3 is 5.97 Å². The predicted molar refractivity (Wildman–Crippen MR) is 121 cm³/mol. The fraction of sp³-hybridized carbons (Fsp3) is 0.304. The van der Waals surface area contributed by atoms with Crippen molar-refractivity contribution in [2.24, 2.45) is 0 Å². The fourth-order valence-electron chi connectivity index (χ4n) is 3.71. The van der Waals surface area contributed by atoms with Gasteiger partial charge in [-0.2, -0.15) is 4.31 Å². The number of hydrogen-bond donors (Lipinski definition) is 2. The van der Waals surface area contributed by atoms with Gasteiger partial charge in [0.15, 0.2) is 6.39 Å². The van der Waals surface area contributed by atoms with Gasteiger partial charge in [-0.15, -0.1) is 0 Å². The highest BCUT2D eigenvalue weighted by Gasteiger charge is 2.35. The monoisotopic (exact) mass is 471 g/mol. The molecule has 0 aliphatic carbocycles. The van der Waals surface area contributed by atoms with Gasteiger partial charge in [-0.3, -0.25) is 4.79 Å². The lowest BCUT2D eigenvalue weighted by atomic mass is 10.0. The largest absolute Gasteiger partial charge is 0.487 e. The van der Waals surface area contributed by atoms with Crippen LogP contribution in [0.4, 0.5) is 5.69 Å². The Labute approximate surface area is 192 Å². The van der Waals surface area contributed by atoms with Gasteiger partial charge in [0.25, 0.3) is 0 Å². The molecule has 9 nitrogen and oxygen atoms in total. The maximum absolute atomic E-state index is 13.3. The van der Waals surface area contributed by atoms with Crippen molar-refractivity contribution < 1.29 is 27.5 Å². The van der Waals surface area contributed by atoms with E-state index >= 15 is 0 Å². The third kappa shape index (κ3) is 5.35. The summed E-state index contributed by atoms with van der Waals surface area (Å²) in [6.07, 6.45) is 2.32. The van der Waals surface area contributed by atoms with Gasteiger partial charge in [0.05, 0.1) is 0 Å². The Morgan fingerprint density at radius 1 is 1.24 bits per heavy atom. The van der Waals surface area contributed by atoms with Crippen molar-refractivity contribution in [2.75, 3.05) is 11.9 Å². The van der Waals surface area contributed by atoms with Crippen LogP contribution in [0.25, 0.3) is 0 Å². The second-order valence-corrected chi connectivity index (χ2v) is 9.94. The number of para-hydroxylation sites is 1. The summed E-state index contributed by atoms with van der Waals surface area (Å²) in [5, 5.41) is 11.5. The minimum atomic E-state index is -3.92. The predicted octanol–water partition coefficient (Wildman–Crippen LogP) is 3.16. The third-order valence-electron chi connectivity index (χ3n) is 5.54. The molecule has 0 radical (unpaired) electrons. The quantitative estimate of drug-likeness (QED) is 0.488. The Bertz CT molecular complexity index is 1220. The van der Waals surface area contributed by atoms with E-state index in [1.807, 2.05) is 24.3 Å². The van der Waals surface area contributed by atoms with Gasteiger partial charge in [-0.05, 0) is 49.1 Å². The minimum absolute atomic E-state index is 0.0584. The van der Waals surface area contributed by atoms with Gasteiger partial charge < -0.3 is 19.6 Å². The van der Waals surface area contributed by atoms with E-state index in [-0.39, 0.29) is 13.2 Å². The topological polar surface area (TPSA) is 122 Å². The molecule has 1 aromatic heterocycles. The van der Waals surface area contributed by atoms with E-state index in [1.54, 1.807) is 31.2 Å². The number of carboxylic acids is 1. The van der Waals surface area contributed by atoms with E-state index in [9.17, 15) is 18.3 Å². The third-order valence-corrected chi connectivity index (χ3v) is 7.59. The van der Waals surface area contributed by atoms with E-state index < -0.39 is 27.9 Å². The first kappa shape index (κ1) is 22.8. The van der Waals surface area contributed by atoms with E-state index in [0.717, 1.165) is 15.6 Å². The lowest BCUT2D eigenvalue weighted by Gasteiger charge is -2.31. The van der Waals surface area contributed by atoms with E-state index in [2.05, 4.69) is 10.3 Å². The number of ether oxygens (including phenoxy) is 1. The molecule has 1 aliphatic rings. The summed E-state index contributed by atoms with van der Waals surface area (Å²) in [6, 6.07) is 14.4. The van der Waals surface area contributed by atoms with Crippen LogP contribution < -0.4 is 10.1 Å². The molecule has 33 heavy (non-hydrogen) atoms. The second kappa shape index (κ2) is 9.63. The number of benzene rings is 2. The van der Waals surface area contributed by atoms with Crippen LogP contribution in [-0.4, -0.2) is 40.7 Å². The Hall–Kier alpha value is -3.37. The summed E-state index contributed by atoms with van der Waals surface area (Å²) < 4.78 is 38.5. The molecule has 0 bridgehead atoms. The number of oxazole rings is 1. The molecule has 4 rings (SSSR count). The van der Waals surface area contributed by atoms with Crippen LogP contribution in [0.1, 0.15) is 29.0 Å². The van der Waals surface area contributed by atoms with E-state index in [4.69, 9.17) is 9.15 Å². The number of aliphatic carboxylic acids is 1. The van der Waals surface area contributed by atoms with Crippen molar-refractivity contribution in [3.8, 4) is 5.75 Å². The smallest absolute Gasteiger partial charge is 0.318 e. The molecule has 1 aliphatic heterocycles. The van der Waals surface area contributed by atoms with Gasteiger partial charge in [0.1, 0.15) is 35.7 Å². The first-order chi connectivity index (χ1) is 15.8. The van der Waals surface area contributed by atoms with Crippen molar-refractivity contribution in [2.45, 2.75) is 38.3 Å². The number of carboxylic acid groups (broad SMARTS) is 1. The van der Waals surface area contributed by atoms with Crippen LogP contribution in [0.5, 0.6) is 5.75 Å². The molecule has 1 unspecified atom stereocenters. The lowest BCUT2D eigenvalue weighted by molar-refractivity contribution is -0.137. The van der Waals surface area contributed by atoms with Crippen molar-refractivity contribution in [1.29, 1.82) is 0 Å². The van der Waals surface area contributed by atoms with Crippen molar-refractivity contribution >= 4 is 21.7 Å². The van der Waals surface area contributed by atoms with Gasteiger partial charge in [-0.25, -0.2) is 13.4 Å². The molecule has 10 heteroatoms. The van der Waals surface area contributed by atoms with Crippen LogP contribution in [0.15, 0.2) is 59.3 Å². The molecule has 2 N–H and O–H groups in total. The van der Waals surface area contributed by atoms with Crippen LogP contribution in [0.3, 0.4) is 0 Å². The summed E-state index contributed by atoms with van der Waals surface area (Å²) in [7, 11) is -3.92. The highest BCUT2D eigenvalue weighted by Crippen LogP contribution is 2.28. The van der Waals surface area contributed by atoms with E-state index in [0.29, 0.717) is 35.6 Å². The molecule has 3 aromatic rings. The normalized spacial score (nSPS) is 15.6. The average molecular weight is 472 g/mol. The summed E-state index contributed by atoms with van der Waals surface area (Å²) in [5.74, 6) is 0.0529. The molecule has 2 aromatic carbocycles. The van der Waals surface area contributed by atoms with Crippen LogP contribution >= 0.6 is 0 Å². The van der Waals surface area contributed by atoms with Crippen molar-refractivity contribution in [1.82, 2.24) is 9.29 Å². The number of rotatable bonds is 9. The van der Waals surface area contributed by atoms with Gasteiger partial charge in [0, 0.05) is 12.2 Å². The standard InChI is InChI=1S/C23H25N3O6S/c1-16-21(24-15-32-16)14-31-19-9-6-17(7-10-19)12-26(13-23(27)28)33(29,30)22-11-8-18-4-2-3-5-20(18)25-22/h2-7,9-10,15,22,25H,8,11-14H2,1H3,(H,27,28). The molecule has 0 spiro atoms. The first-order valence-corrected chi connectivity index (χ1v) is 12.0. The number of aromatic nitrogens is 1. The second-order valence-electron chi connectivity index (χ2n) is 7.82. The molecular weight excluding hydrogens is 446 g/mol. The van der Waals surface area contributed by atoms with Crippen LogP contribution in [0.2, 0.25) is 0 Å². The number of nitrogens with one attached hydrogen (secondary N) is 1. The number of anilines is 1. The Morgan fingerprint density at radius 3 is 2.70 bits per heavy atom. The first-order valence-electron chi connectivity index (χ1n) is 10.5. The van der Waals surface area contributed by atoms with Gasteiger partial charge in [0.2, 0.25) is 10.0 Å². The zero-order chi connectivity index (χ0) is 23.4. The lowest BCUT2D eigenvalue weighted by Crippen LogP contribution is -2.45. The van der Waals surface area contributed by atoms with Crippen molar-refractivity contribution in [3.63, 3.8) is 0 Å². The zero-order valence-corrected chi connectivity index (χ0v) is 18.9. The summed E-state index contributed by atoms with van der Waals surface area (Å²) in [6.45, 7) is 1.37. The molecular formula is C23H25N3O6S. The zero-order valence-electron chi connectivity index (χ0n) is 18.1. The Kier molecular flexibility index (Phi) is 6.66. The Balaban J connectivity index is 1.46. The number of sulfonamides is 1. The van der Waals surface area contributed by atoms with Crippen LogP contribution in [0, 0.1) is 6.92 Å². The van der Waals surface area contributed by atoms with E-state index in [1.165, 1.54) is 6.39 Å². The molecule has 0 saturated carbocycles. The average Bonchev–Trinajstić information content (AvgIpc) is 3.22. The number of carbonyl (C=O) groups is 1. The minimum Gasteiger partial charge on any atom is -0.487 e. The molecule has 2 heterocycles.